The van der Waals surface area contributed by atoms with Crippen molar-refractivity contribution in [1.29, 1.82) is 0 Å². The van der Waals surface area contributed by atoms with Gasteiger partial charge in [-0.05, 0) is 31.0 Å². The van der Waals surface area contributed by atoms with E-state index in [1.165, 1.54) is 17.2 Å². The molecule has 1 unspecified atom stereocenters. The molecule has 132 valence electrons. The zero-order valence-corrected chi connectivity index (χ0v) is 14.2. The Kier molecular flexibility index (Phi) is 5.16. The van der Waals surface area contributed by atoms with Crippen molar-refractivity contribution in [3.63, 3.8) is 0 Å². The van der Waals surface area contributed by atoms with Crippen molar-refractivity contribution < 1.29 is 18.4 Å². The Morgan fingerprint density at radius 2 is 2.08 bits per heavy atom. The summed E-state index contributed by atoms with van der Waals surface area (Å²) in [5, 5.41) is 0. The third-order valence-corrected chi connectivity index (χ3v) is 4.53. The van der Waals surface area contributed by atoms with Gasteiger partial charge in [-0.2, -0.15) is 0 Å². The maximum atomic E-state index is 13.8. The Morgan fingerprint density at radius 3 is 2.80 bits per heavy atom. The molecule has 1 saturated heterocycles. The number of rotatable bonds is 4. The average Bonchev–Trinajstić information content (AvgIpc) is 3.17. The number of hydrogen-bond acceptors (Lipinski definition) is 3. The first-order valence-electron chi connectivity index (χ1n) is 8.37. The molecule has 25 heavy (non-hydrogen) atoms. The minimum atomic E-state index is -0.319. The van der Waals surface area contributed by atoms with E-state index < -0.39 is 0 Å². The minimum absolute atomic E-state index is 0.0693. The quantitative estimate of drug-likeness (QED) is 0.857. The van der Waals surface area contributed by atoms with Crippen LogP contribution in [-0.2, 0) is 11.3 Å². The van der Waals surface area contributed by atoms with Gasteiger partial charge in [0, 0.05) is 32.2 Å². The number of nitrogens with zero attached hydrogens (tertiary/aromatic N) is 2. The van der Waals surface area contributed by atoms with Crippen LogP contribution in [-0.4, -0.2) is 41.8 Å². The Bertz CT molecular complexity index is 745. The lowest BCUT2D eigenvalue weighted by Crippen LogP contribution is -2.45. The lowest BCUT2D eigenvalue weighted by atomic mass is 9.96. The minimum Gasteiger partial charge on any atom is -0.459 e. The molecular formula is C19H21FN2O3. The molecular weight excluding hydrogens is 323 g/mol. The number of piperidine rings is 1. The second-order valence-electron chi connectivity index (χ2n) is 6.35. The first-order valence-corrected chi connectivity index (χ1v) is 8.37. The summed E-state index contributed by atoms with van der Waals surface area (Å²) in [4.78, 5) is 28.3. The Morgan fingerprint density at radius 1 is 1.28 bits per heavy atom. The van der Waals surface area contributed by atoms with Crippen LogP contribution in [0.25, 0.3) is 0 Å². The number of carbonyl (C=O) groups is 2. The fourth-order valence-corrected chi connectivity index (χ4v) is 3.19. The molecule has 2 heterocycles. The molecule has 2 aromatic rings. The number of halogens is 1. The van der Waals surface area contributed by atoms with Crippen LogP contribution in [0.15, 0.2) is 47.1 Å². The standard InChI is InChI=1S/C19H21FN2O3/c1-21(12-14-6-2-3-8-16(14)20)18(23)15-7-4-10-22(13-15)19(24)17-9-5-11-25-17/h2-3,5-6,8-9,11,15H,4,7,10,12-13H2,1H3. The maximum Gasteiger partial charge on any atom is 0.289 e. The van der Waals surface area contributed by atoms with Crippen molar-refractivity contribution >= 4 is 11.8 Å². The monoisotopic (exact) mass is 344 g/mol. The van der Waals surface area contributed by atoms with E-state index in [0.717, 1.165) is 12.8 Å². The van der Waals surface area contributed by atoms with Gasteiger partial charge in [-0.15, -0.1) is 0 Å². The van der Waals surface area contributed by atoms with E-state index in [0.29, 0.717) is 18.7 Å². The predicted octanol–water partition coefficient (Wildman–Crippen LogP) is 2.93. The van der Waals surface area contributed by atoms with Crippen LogP contribution >= 0.6 is 0 Å². The highest BCUT2D eigenvalue weighted by molar-refractivity contribution is 5.92. The number of hydrogen-bond donors (Lipinski definition) is 0. The Hall–Kier alpha value is -2.63. The zero-order valence-electron chi connectivity index (χ0n) is 14.2. The zero-order chi connectivity index (χ0) is 17.8. The molecule has 2 amide bonds. The van der Waals surface area contributed by atoms with Gasteiger partial charge in [0.1, 0.15) is 5.82 Å². The van der Waals surface area contributed by atoms with Gasteiger partial charge in [-0.1, -0.05) is 18.2 Å². The highest BCUT2D eigenvalue weighted by Gasteiger charge is 2.31. The van der Waals surface area contributed by atoms with E-state index in [1.807, 2.05) is 0 Å². The molecule has 1 aromatic carbocycles. The molecule has 0 saturated carbocycles. The summed E-state index contributed by atoms with van der Waals surface area (Å²) in [7, 11) is 1.67. The van der Waals surface area contributed by atoms with Crippen molar-refractivity contribution in [3.8, 4) is 0 Å². The highest BCUT2D eigenvalue weighted by atomic mass is 19.1. The first-order chi connectivity index (χ1) is 12.1. The molecule has 1 aromatic heterocycles. The van der Waals surface area contributed by atoms with Crippen LogP contribution in [0.2, 0.25) is 0 Å². The Balaban J connectivity index is 1.63. The van der Waals surface area contributed by atoms with Gasteiger partial charge in [0.2, 0.25) is 5.91 Å². The third kappa shape index (κ3) is 3.90. The lowest BCUT2D eigenvalue weighted by molar-refractivity contribution is -0.136. The number of carbonyl (C=O) groups excluding carboxylic acids is 2. The van der Waals surface area contributed by atoms with Gasteiger partial charge in [0.05, 0.1) is 12.2 Å². The molecule has 1 atom stereocenters. The van der Waals surface area contributed by atoms with Crippen molar-refractivity contribution in [1.82, 2.24) is 9.80 Å². The molecule has 0 N–H and O–H groups in total. The van der Waals surface area contributed by atoms with Gasteiger partial charge < -0.3 is 14.2 Å². The summed E-state index contributed by atoms with van der Waals surface area (Å²) >= 11 is 0. The molecule has 1 aliphatic rings. The molecule has 0 bridgehead atoms. The number of amides is 2. The van der Waals surface area contributed by atoms with E-state index in [2.05, 4.69) is 0 Å². The van der Waals surface area contributed by atoms with Gasteiger partial charge in [0.15, 0.2) is 5.76 Å². The van der Waals surface area contributed by atoms with Crippen molar-refractivity contribution in [2.24, 2.45) is 5.92 Å². The van der Waals surface area contributed by atoms with Crippen molar-refractivity contribution in [2.75, 3.05) is 20.1 Å². The topological polar surface area (TPSA) is 53.8 Å². The summed E-state index contributed by atoms with van der Waals surface area (Å²) in [6.07, 6.45) is 2.95. The summed E-state index contributed by atoms with van der Waals surface area (Å²) in [5.74, 6) is -0.572. The number of likely N-dealkylation sites (tertiary alicyclic amines) is 1. The molecule has 5 nitrogen and oxygen atoms in total. The van der Waals surface area contributed by atoms with Gasteiger partial charge in [0.25, 0.3) is 5.91 Å². The van der Waals surface area contributed by atoms with E-state index in [9.17, 15) is 14.0 Å². The SMILES string of the molecule is CN(Cc1ccccc1F)C(=O)C1CCCN(C(=O)c2ccco2)C1. The molecule has 6 heteroatoms. The smallest absolute Gasteiger partial charge is 0.289 e. The summed E-state index contributed by atoms with van der Waals surface area (Å²) in [6.45, 7) is 1.19. The van der Waals surface area contributed by atoms with Gasteiger partial charge in [-0.25, -0.2) is 4.39 Å². The largest absolute Gasteiger partial charge is 0.459 e. The summed E-state index contributed by atoms with van der Waals surface area (Å²) < 4.78 is 18.9. The Labute approximate surface area is 146 Å². The van der Waals surface area contributed by atoms with Crippen LogP contribution in [0.1, 0.15) is 29.0 Å². The third-order valence-electron chi connectivity index (χ3n) is 4.53. The second kappa shape index (κ2) is 7.51. The molecule has 0 spiro atoms. The van der Waals surface area contributed by atoms with Crippen LogP contribution < -0.4 is 0 Å². The van der Waals surface area contributed by atoms with Crippen LogP contribution in [0.5, 0.6) is 0 Å². The molecule has 1 fully saturated rings. The second-order valence-corrected chi connectivity index (χ2v) is 6.35. The lowest BCUT2D eigenvalue weighted by Gasteiger charge is -2.33. The maximum absolute atomic E-state index is 13.8. The van der Waals surface area contributed by atoms with E-state index in [4.69, 9.17) is 4.42 Å². The summed E-state index contributed by atoms with van der Waals surface area (Å²) in [5.41, 5.74) is 0.484. The van der Waals surface area contributed by atoms with Gasteiger partial charge >= 0.3 is 0 Å². The van der Waals surface area contributed by atoms with E-state index in [-0.39, 0.29) is 35.9 Å². The molecule has 3 rings (SSSR count). The van der Waals surface area contributed by atoms with Crippen LogP contribution in [0.3, 0.4) is 0 Å². The predicted molar refractivity (Wildman–Crippen MR) is 90.2 cm³/mol. The van der Waals surface area contributed by atoms with Crippen LogP contribution in [0.4, 0.5) is 4.39 Å². The van der Waals surface area contributed by atoms with Gasteiger partial charge in [-0.3, -0.25) is 9.59 Å². The van der Waals surface area contributed by atoms with Crippen LogP contribution in [0, 0.1) is 11.7 Å². The number of furan rings is 1. The molecule has 0 aliphatic carbocycles. The fourth-order valence-electron chi connectivity index (χ4n) is 3.19. The first kappa shape index (κ1) is 17.2. The number of benzene rings is 1. The van der Waals surface area contributed by atoms with E-state index in [1.54, 1.807) is 42.3 Å². The van der Waals surface area contributed by atoms with E-state index >= 15 is 0 Å². The highest BCUT2D eigenvalue weighted by Crippen LogP contribution is 2.21. The average molecular weight is 344 g/mol. The summed E-state index contributed by atoms with van der Waals surface area (Å²) in [6, 6.07) is 9.73. The van der Waals surface area contributed by atoms with Crippen molar-refractivity contribution in [3.05, 3.63) is 59.8 Å². The molecule has 1 aliphatic heterocycles. The van der Waals surface area contributed by atoms with Crippen molar-refractivity contribution in [2.45, 2.75) is 19.4 Å². The fraction of sp³-hybridized carbons (Fsp3) is 0.368. The molecule has 0 radical (unpaired) electrons. The normalized spacial score (nSPS) is 17.4.